The van der Waals surface area contributed by atoms with Crippen molar-refractivity contribution in [2.45, 2.75) is 50.0 Å². The zero-order chi connectivity index (χ0) is 23.4. The van der Waals surface area contributed by atoms with Gasteiger partial charge in [0.05, 0.1) is 17.0 Å². The highest BCUT2D eigenvalue weighted by Gasteiger charge is 2.33. The summed E-state index contributed by atoms with van der Waals surface area (Å²) in [6.07, 6.45) is 7.80. The lowest BCUT2D eigenvalue weighted by Gasteiger charge is -2.28. The van der Waals surface area contributed by atoms with Crippen molar-refractivity contribution < 1.29 is 0 Å². The summed E-state index contributed by atoms with van der Waals surface area (Å²) in [4.78, 5) is 9.90. The highest BCUT2D eigenvalue weighted by Crippen LogP contribution is 2.44. The van der Waals surface area contributed by atoms with Gasteiger partial charge in [-0.1, -0.05) is 54.1 Å². The van der Waals surface area contributed by atoms with Gasteiger partial charge in [-0.05, 0) is 78.6 Å². The Balaban J connectivity index is 1.37. The summed E-state index contributed by atoms with van der Waals surface area (Å²) in [7, 11) is 0. The van der Waals surface area contributed by atoms with Crippen molar-refractivity contribution in [2.24, 2.45) is 0 Å². The summed E-state index contributed by atoms with van der Waals surface area (Å²) in [6, 6.07) is 24.5. The Morgan fingerprint density at radius 2 is 1.71 bits per heavy atom. The maximum Gasteiger partial charge on any atom is 0.113 e. The normalized spacial score (nSPS) is 18.5. The first-order chi connectivity index (χ1) is 17.2. The fourth-order valence-electron chi connectivity index (χ4n) is 5.73. The van der Waals surface area contributed by atoms with Crippen molar-refractivity contribution in [3.63, 3.8) is 0 Å². The molecule has 0 saturated heterocycles. The Labute approximate surface area is 214 Å². The SMILES string of the molecule is Clc1ccc(C(c2ccc3nc(C4CC4)n(C4CCc5ccccc5C4)c3c2)c2nccs2)cc1. The van der Waals surface area contributed by atoms with Crippen LogP contribution >= 0.6 is 22.9 Å². The largest absolute Gasteiger partial charge is 0.324 e. The van der Waals surface area contributed by atoms with E-state index in [1.54, 1.807) is 11.3 Å². The van der Waals surface area contributed by atoms with Crippen LogP contribution in [0.4, 0.5) is 0 Å². The number of hydrogen-bond acceptors (Lipinski definition) is 3. The van der Waals surface area contributed by atoms with Crippen LogP contribution in [-0.4, -0.2) is 14.5 Å². The average Bonchev–Trinajstić information content (AvgIpc) is 3.46. The van der Waals surface area contributed by atoms with E-state index in [4.69, 9.17) is 21.6 Å². The molecule has 1 fully saturated rings. The molecule has 3 aromatic carbocycles. The van der Waals surface area contributed by atoms with Crippen molar-refractivity contribution in [3.8, 4) is 0 Å². The highest BCUT2D eigenvalue weighted by molar-refractivity contribution is 7.09. The molecule has 2 atom stereocenters. The second-order valence-corrected chi connectivity index (χ2v) is 11.2. The van der Waals surface area contributed by atoms with Crippen LogP contribution in [0.1, 0.15) is 70.2 Å². The van der Waals surface area contributed by atoms with Crippen LogP contribution in [-0.2, 0) is 12.8 Å². The number of nitrogens with zero attached hydrogens (tertiary/aromatic N) is 3. The molecule has 5 heteroatoms. The third-order valence-electron chi connectivity index (χ3n) is 7.60. The monoisotopic (exact) mass is 495 g/mol. The molecule has 0 aliphatic heterocycles. The van der Waals surface area contributed by atoms with Gasteiger partial charge < -0.3 is 4.57 Å². The Kier molecular flexibility index (Phi) is 5.25. The molecule has 1 saturated carbocycles. The lowest BCUT2D eigenvalue weighted by molar-refractivity contribution is 0.439. The molecule has 0 amide bonds. The van der Waals surface area contributed by atoms with Gasteiger partial charge in [-0.2, -0.15) is 0 Å². The molecule has 3 nitrogen and oxygen atoms in total. The molecule has 0 bridgehead atoms. The zero-order valence-corrected chi connectivity index (χ0v) is 21.0. The molecular formula is C30H26ClN3S. The Hall–Kier alpha value is -2.95. The van der Waals surface area contributed by atoms with Crippen LogP contribution in [0.25, 0.3) is 11.0 Å². The smallest absolute Gasteiger partial charge is 0.113 e. The fourth-order valence-corrected chi connectivity index (χ4v) is 6.65. The third kappa shape index (κ3) is 3.89. The van der Waals surface area contributed by atoms with Crippen molar-refractivity contribution in [2.75, 3.05) is 0 Å². The topological polar surface area (TPSA) is 30.7 Å². The number of aryl methyl sites for hydroxylation is 1. The number of fused-ring (bicyclic) bond motifs is 2. The van der Waals surface area contributed by atoms with Gasteiger partial charge in [-0.3, -0.25) is 0 Å². The Morgan fingerprint density at radius 1 is 0.914 bits per heavy atom. The second kappa shape index (κ2) is 8.61. The van der Waals surface area contributed by atoms with Gasteiger partial charge in [0.25, 0.3) is 0 Å². The molecule has 2 aliphatic carbocycles. The van der Waals surface area contributed by atoms with Crippen LogP contribution in [0.3, 0.4) is 0 Å². The van der Waals surface area contributed by atoms with Crippen LogP contribution in [0.5, 0.6) is 0 Å². The predicted octanol–water partition coefficient (Wildman–Crippen LogP) is 7.93. The fraction of sp³-hybridized carbons (Fsp3) is 0.267. The number of rotatable bonds is 5. The maximum atomic E-state index is 6.22. The van der Waals surface area contributed by atoms with E-state index in [9.17, 15) is 0 Å². The highest BCUT2D eigenvalue weighted by atomic mass is 35.5. The third-order valence-corrected chi connectivity index (χ3v) is 8.70. The van der Waals surface area contributed by atoms with Crippen molar-refractivity contribution in [1.29, 1.82) is 0 Å². The first kappa shape index (κ1) is 21.3. The Morgan fingerprint density at radius 3 is 2.49 bits per heavy atom. The summed E-state index contributed by atoms with van der Waals surface area (Å²) >= 11 is 7.93. The van der Waals surface area contributed by atoms with Gasteiger partial charge in [0.2, 0.25) is 0 Å². The van der Waals surface area contributed by atoms with E-state index in [1.807, 2.05) is 18.3 Å². The van der Waals surface area contributed by atoms with E-state index in [0.29, 0.717) is 12.0 Å². The molecule has 7 rings (SSSR count). The van der Waals surface area contributed by atoms with Gasteiger partial charge in [0.15, 0.2) is 0 Å². The minimum atomic E-state index is 0.0801. The van der Waals surface area contributed by atoms with Gasteiger partial charge >= 0.3 is 0 Å². The molecule has 2 aliphatic rings. The Bertz CT molecular complexity index is 1500. The lowest BCUT2D eigenvalue weighted by Crippen LogP contribution is -2.20. The van der Waals surface area contributed by atoms with Crippen molar-refractivity contribution in [3.05, 3.63) is 116 Å². The van der Waals surface area contributed by atoms with E-state index in [-0.39, 0.29) is 5.92 Å². The molecule has 0 radical (unpaired) electrons. The molecular weight excluding hydrogens is 470 g/mol. The van der Waals surface area contributed by atoms with Gasteiger partial charge in [0, 0.05) is 28.6 Å². The minimum absolute atomic E-state index is 0.0801. The molecule has 174 valence electrons. The molecule has 35 heavy (non-hydrogen) atoms. The maximum absolute atomic E-state index is 6.22. The lowest BCUT2D eigenvalue weighted by atomic mass is 9.87. The summed E-state index contributed by atoms with van der Waals surface area (Å²) in [6.45, 7) is 0. The molecule has 5 aromatic rings. The summed E-state index contributed by atoms with van der Waals surface area (Å²) < 4.78 is 2.60. The predicted molar refractivity (Wildman–Crippen MR) is 144 cm³/mol. The van der Waals surface area contributed by atoms with Crippen LogP contribution in [0.15, 0.2) is 78.3 Å². The molecule has 0 spiro atoms. The first-order valence-electron chi connectivity index (χ1n) is 12.5. The summed E-state index contributed by atoms with van der Waals surface area (Å²) in [5.41, 5.74) is 7.85. The molecule has 2 aromatic heterocycles. The first-order valence-corrected chi connectivity index (χ1v) is 13.7. The van der Waals surface area contributed by atoms with Gasteiger partial charge in [-0.25, -0.2) is 9.97 Å². The van der Waals surface area contributed by atoms with E-state index in [1.165, 1.54) is 52.9 Å². The average molecular weight is 496 g/mol. The number of aromatic nitrogens is 3. The van der Waals surface area contributed by atoms with Crippen LogP contribution in [0.2, 0.25) is 5.02 Å². The van der Waals surface area contributed by atoms with E-state index in [2.05, 4.69) is 64.5 Å². The number of benzene rings is 3. The van der Waals surface area contributed by atoms with Crippen molar-refractivity contribution >= 4 is 34.0 Å². The van der Waals surface area contributed by atoms with Gasteiger partial charge in [-0.15, -0.1) is 11.3 Å². The molecule has 2 unspecified atom stereocenters. The van der Waals surface area contributed by atoms with E-state index < -0.39 is 0 Å². The van der Waals surface area contributed by atoms with Crippen LogP contribution < -0.4 is 0 Å². The van der Waals surface area contributed by atoms with Crippen molar-refractivity contribution in [1.82, 2.24) is 14.5 Å². The minimum Gasteiger partial charge on any atom is -0.324 e. The van der Waals surface area contributed by atoms with Crippen LogP contribution in [0, 0.1) is 0 Å². The number of halogens is 1. The van der Waals surface area contributed by atoms with E-state index in [0.717, 1.165) is 28.4 Å². The second-order valence-electron chi connectivity index (χ2n) is 9.88. The number of thiazole rings is 1. The number of imidazole rings is 1. The van der Waals surface area contributed by atoms with E-state index >= 15 is 0 Å². The summed E-state index contributed by atoms with van der Waals surface area (Å²) in [5, 5.41) is 3.92. The molecule has 2 heterocycles. The standard InChI is InChI=1S/C30H26ClN3S/c31-24-11-7-20(8-12-24)28(30-32-15-16-35-30)23-10-14-26-27(18-23)34(29(33-26)21-5-6-21)25-13-9-19-3-1-2-4-22(19)17-25/h1-4,7-8,10-12,14-16,18,21,25,28H,5-6,9,13,17H2. The van der Waals surface area contributed by atoms with Gasteiger partial charge in [0.1, 0.15) is 10.8 Å². The molecule has 0 N–H and O–H groups in total. The number of hydrogen-bond donors (Lipinski definition) is 0. The quantitative estimate of drug-likeness (QED) is 0.248. The summed E-state index contributed by atoms with van der Waals surface area (Å²) in [5.74, 6) is 1.98. The zero-order valence-electron chi connectivity index (χ0n) is 19.4.